The van der Waals surface area contributed by atoms with Crippen LogP contribution in [0, 0.1) is 18.3 Å². The zero-order valence-electron chi connectivity index (χ0n) is 19.3. The third-order valence-corrected chi connectivity index (χ3v) is 6.95. The summed E-state index contributed by atoms with van der Waals surface area (Å²) in [4.78, 5) is 35.1. The lowest BCUT2D eigenvalue weighted by Crippen LogP contribution is -2.42. The fourth-order valence-corrected chi connectivity index (χ4v) is 5.14. The summed E-state index contributed by atoms with van der Waals surface area (Å²) in [6, 6.07) is 11.1. The summed E-state index contributed by atoms with van der Waals surface area (Å²) >= 11 is 0. The molecule has 0 saturated carbocycles. The Morgan fingerprint density at radius 3 is 2.68 bits per heavy atom. The number of hydrogen-bond acceptors (Lipinski definition) is 5. The van der Waals surface area contributed by atoms with Gasteiger partial charge in [0.15, 0.2) is 5.82 Å². The molecule has 0 radical (unpaired) electrons. The number of hydrogen-bond donors (Lipinski definition) is 1. The number of carbonyl (C=O) groups is 1. The molecule has 34 heavy (non-hydrogen) atoms. The van der Waals surface area contributed by atoms with Crippen molar-refractivity contribution in [2.24, 2.45) is 0 Å². The lowest BCUT2D eigenvalue weighted by atomic mass is 10.0. The van der Waals surface area contributed by atoms with E-state index in [9.17, 15) is 9.59 Å². The van der Waals surface area contributed by atoms with Crippen molar-refractivity contribution in [1.82, 2.24) is 24.6 Å². The molecule has 174 valence electrons. The first-order valence-electron chi connectivity index (χ1n) is 11.9. The van der Waals surface area contributed by atoms with Crippen molar-refractivity contribution >= 4 is 5.91 Å². The minimum Gasteiger partial charge on any atom is -0.334 e. The van der Waals surface area contributed by atoms with Crippen molar-refractivity contribution in [2.75, 3.05) is 26.2 Å². The van der Waals surface area contributed by atoms with Crippen LogP contribution in [0.15, 0.2) is 47.5 Å². The standard InChI is InChI=1S/C26H28N6O2/c1-18-13-19(14-27)6-8-22(18)23-16-29-32(26(23)34)24-9-7-20(15-28-24)25(33)31-12-4-5-21(31)17-30-10-2-3-11-30/h6-9,13,15-16,21,29H,2-5,10-12,17H2,1H3/t21-/m0/s1. The number of pyridine rings is 1. The summed E-state index contributed by atoms with van der Waals surface area (Å²) in [5, 5.41) is 12.1. The lowest BCUT2D eigenvalue weighted by Gasteiger charge is -2.28. The van der Waals surface area contributed by atoms with Crippen LogP contribution in [0.3, 0.4) is 0 Å². The quantitative estimate of drug-likeness (QED) is 0.636. The molecule has 2 saturated heterocycles. The van der Waals surface area contributed by atoms with Crippen molar-refractivity contribution < 1.29 is 4.79 Å². The van der Waals surface area contributed by atoms with Gasteiger partial charge in [-0.3, -0.25) is 14.7 Å². The van der Waals surface area contributed by atoms with E-state index in [2.05, 4.69) is 21.1 Å². The van der Waals surface area contributed by atoms with Crippen molar-refractivity contribution in [3.63, 3.8) is 0 Å². The SMILES string of the molecule is Cc1cc(C#N)ccc1-c1c[nH]n(-c2ccc(C(=O)N3CCC[C@H]3CN3CCCC3)cn2)c1=O. The highest BCUT2D eigenvalue weighted by molar-refractivity contribution is 5.94. The van der Waals surface area contributed by atoms with Gasteiger partial charge >= 0.3 is 0 Å². The Balaban J connectivity index is 1.34. The van der Waals surface area contributed by atoms with E-state index in [-0.39, 0.29) is 17.5 Å². The third kappa shape index (κ3) is 4.15. The predicted molar refractivity (Wildman–Crippen MR) is 129 cm³/mol. The van der Waals surface area contributed by atoms with Crippen molar-refractivity contribution in [1.29, 1.82) is 5.26 Å². The monoisotopic (exact) mass is 456 g/mol. The number of aromatic nitrogens is 3. The third-order valence-electron chi connectivity index (χ3n) is 6.95. The minimum atomic E-state index is -0.232. The minimum absolute atomic E-state index is 0.00785. The number of aryl methyl sites for hydroxylation is 1. The van der Waals surface area contributed by atoms with Crippen LogP contribution in [0.1, 0.15) is 47.2 Å². The second kappa shape index (κ2) is 9.27. The van der Waals surface area contributed by atoms with Gasteiger partial charge in [0.1, 0.15) is 0 Å². The molecule has 2 aromatic heterocycles. The Kier molecular flexibility index (Phi) is 6.03. The Labute approximate surface area is 198 Å². The summed E-state index contributed by atoms with van der Waals surface area (Å²) in [5.74, 6) is 0.433. The maximum absolute atomic E-state index is 13.2. The van der Waals surface area contributed by atoms with Gasteiger partial charge in [-0.25, -0.2) is 9.67 Å². The number of carbonyl (C=O) groups excluding carboxylic acids is 1. The molecule has 8 heteroatoms. The average Bonchev–Trinajstić information content (AvgIpc) is 3.61. The molecule has 1 atom stereocenters. The van der Waals surface area contributed by atoms with Gasteiger partial charge in [0, 0.05) is 31.5 Å². The number of amides is 1. The molecule has 0 aliphatic carbocycles. The molecule has 8 nitrogen and oxygen atoms in total. The van der Waals surface area contributed by atoms with E-state index >= 15 is 0 Å². The highest BCUT2D eigenvalue weighted by Crippen LogP contribution is 2.24. The van der Waals surface area contributed by atoms with Gasteiger partial charge in [-0.15, -0.1) is 0 Å². The van der Waals surface area contributed by atoms with Crippen LogP contribution in [-0.4, -0.2) is 62.7 Å². The van der Waals surface area contributed by atoms with Crippen LogP contribution < -0.4 is 5.56 Å². The highest BCUT2D eigenvalue weighted by Gasteiger charge is 2.31. The molecule has 0 bridgehead atoms. The smallest absolute Gasteiger partial charge is 0.280 e. The zero-order chi connectivity index (χ0) is 23.7. The van der Waals surface area contributed by atoms with Gasteiger partial charge in [0.25, 0.3) is 11.5 Å². The van der Waals surface area contributed by atoms with Gasteiger partial charge in [-0.2, -0.15) is 5.26 Å². The molecule has 3 aromatic rings. The fraction of sp³-hybridized carbons (Fsp3) is 0.385. The molecule has 1 amide bonds. The molecule has 1 N–H and O–H groups in total. The predicted octanol–water partition coefficient (Wildman–Crippen LogP) is 3.11. The summed E-state index contributed by atoms with van der Waals surface area (Å²) in [6.45, 7) is 5.86. The Morgan fingerprint density at radius 1 is 1.15 bits per heavy atom. The number of nitrogens with zero attached hydrogens (tertiary/aromatic N) is 5. The van der Waals surface area contributed by atoms with Gasteiger partial charge in [0.2, 0.25) is 0 Å². The number of aromatic amines is 1. The summed E-state index contributed by atoms with van der Waals surface area (Å²) in [5.41, 5.74) is 2.99. The Bertz CT molecular complexity index is 1290. The number of nitriles is 1. The van der Waals surface area contributed by atoms with E-state index in [1.54, 1.807) is 42.7 Å². The summed E-state index contributed by atoms with van der Waals surface area (Å²) in [7, 11) is 0. The molecular weight excluding hydrogens is 428 g/mol. The fourth-order valence-electron chi connectivity index (χ4n) is 5.14. The van der Waals surface area contributed by atoms with E-state index in [4.69, 9.17) is 5.26 Å². The van der Waals surface area contributed by atoms with Crippen molar-refractivity contribution in [2.45, 2.75) is 38.6 Å². The van der Waals surface area contributed by atoms with Gasteiger partial charge in [0.05, 0.1) is 22.8 Å². The van der Waals surface area contributed by atoms with Crippen LogP contribution in [0.2, 0.25) is 0 Å². The molecule has 2 aliphatic heterocycles. The summed E-state index contributed by atoms with van der Waals surface area (Å²) in [6.07, 6.45) is 7.77. The number of H-pyrrole nitrogens is 1. The normalized spacial score (nSPS) is 18.4. The van der Waals surface area contributed by atoms with E-state index in [0.29, 0.717) is 22.5 Å². The van der Waals surface area contributed by atoms with Gasteiger partial charge in [-0.05, 0) is 81.1 Å². The van der Waals surface area contributed by atoms with Crippen LogP contribution >= 0.6 is 0 Å². The van der Waals surface area contributed by atoms with Gasteiger partial charge in [-0.1, -0.05) is 6.07 Å². The van der Waals surface area contributed by atoms with E-state index in [1.807, 2.05) is 11.8 Å². The molecule has 5 rings (SSSR count). The first-order valence-corrected chi connectivity index (χ1v) is 11.9. The second-order valence-corrected chi connectivity index (χ2v) is 9.18. The van der Waals surface area contributed by atoms with Crippen LogP contribution in [-0.2, 0) is 0 Å². The average molecular weight is 457 g/mol. The first-order chi connectivity index (χ1) is 16.5. The zero-order valence-corrected chi connectivity index (χ0v) is 19.3. The van der Waals surface area contributed by atoms with E-state index in [1.165, 1.54) is 17.5 Å². The molecule has 0 unspecified atom stereocenters. The Hall–Kier alpha value is -3.70. The maximum Gasteiger partial charge on any atom is 0.280 e. The van der Waals surface area contributed by atoms with Crippen LogP contribution in [0.4, 0.5) is 0 Å². The molecule has 4 heterocycles. The largest absolute Gasteiger partial charge is 0.334 e. The van der Waals surface area contributed by atoms with E-state index in [0.717, 1.165) is 50.1 Å². The number of rotatable bonds is 5. The second-order valence-electron chi connectivity index (χ2n) is 9.18. The molecule has 1 aromatic carbocycles. The van der Waals surface area contributed by atoms with Crippen LogP contribution in [0.5, 0.6) is 0 Å². The molecule has 2 fully saturated rings. The maximum atomic E-state index is 13.2. The lowest BCUT2D eigenvalue weighted by molar-refractivity contribution is 0.0708. The first kappa shape index (κ1) is 22.1. The number of likely N-dealkylation sites (tertiary alicyclic amines) is 2. The number of benzene rings is 1. The topological polar surface area (TPSA) is 98.0 Å². The number of nitrogens with one attached hydrogen (secondary N) is 1. The highest BCUT2D eigenvalue weighted by atomic mass is 16.2. The van der Waals surface area contributed by atoms with Gasteiger partial charge < -0.3 is 9.80 Å². The van der Waals surface area contributed by atoms with E-state index < -0.39 is 0 Å². The van der Waals surface area contributed by atoms with Crippen molar-refractivity contribution in [3.8, 4) is 23.0 Å². The molecular formula is C26H28N6O2. The molecule has 0 spiro atoms. The van der Waals surface area contributed by atoms with Crippen molar-refractivity contribution in [3.05, 3.63) is 69.8 Å². The van der Waals surface area contributed by atoms with Crippen LogP contribution in [0.25, 0.3) is 16.9 Å². The Morgan fingerprint density at radius 2 is 1.97 bits per heavy atom. The molecule has 2 aliphatic rings. The summed E-state index contributed by atoms with van der Waals surface area (Å²) < 4.78 is 1.37.